The van der Waals surface area contributed by atoms with Crippen molar-refractivity contribution in [2.45, 2.75) is 20.3 Å². The molecule has 70 valence electrons. The summed E-state index contributed by atoms with van der Waals surface area (Å²) in [5, 5.41) is 17.8. The van der Waals surface area contributed by atoms with Crippen LogP contribution in [0.5, 0.6) is 0 Å². The second kappa shape index (κ2) is 4.30. The summed E-state index contributed by atoms with van der Waals surface area (Å²) in [4.78, 5) is 2.90. The van der Waals surface area contributed by atoms with Crippen LogP contribution in [-0.2, 0) is 0 Å². The second-order valence-corrected chi connectivity index (χ2v) is 2.99. The van der Waals surface area contributed by atoms with Crippen LogP contribution in [0.15, 0.2) is 12.1 Å². The zero-order chi connectivity index (χ0) is 9.84. The molecule has 1 heterocycles. The van der Waals surface area contributed by atoms with Gasteiger partial charge in [0, 0.05) is 11.3 Å². The largest absolute Gasteiger partial charge is 0.505 e. The maximum atomic E-state index is 8.89. The van der Waals surface area contributed by atoms with Crippen LogP contribution in [0.4, 0.5) is 0 Å². The van der Waals surface area contributed by atoms with Gasteiger partial charge < -0.3 is 15.0 Å². The number of H-pyrrole nitrogens is 1. The molecule has 0 saturated carbocycles. The lowest BCUT2D eigenvalue weighted by Gasteiger charge is -1.90. The molecule has 3 N–H and O–H groups in total. The Morgan fingerprint density at radius 1 is 1.54 bits per heavy atom. The van der Waals surface area contributed by atoms with E-state index >= 15 is 0 Å². The Morgan fingerprint density at radius 2 is 2.23 bits per heavy atom. The van der Waals surface area contributed by atoms with Gasteiger partial charge in [0.2, 0.25) is 0 Å². The highest BCUT2D eigenvalue weighted by Crippen LogP contribution is 2.06. The van der Waals surface area contributed by atoms with Crippen LogP contribution in [0.25, 0.3) is 6.08 Å². The summed E-state index contributed by atoms with van der Waals surface area (Å²) < 4.78 is 0. The van der Waals surface area contributed by atoms with Crippen LogP contribution in [0.2, 0.25) is 0 Å². The van der Waals surface area contributed by atoms with E-state index in [-0.39, 0.29) is 0 Å². The van der Waals surface area contributed by atoms with Gasteiger partial charge >= 0.3 is 7.12 Å². The third kappa shape index (κ3) is 2.47. The first-order valence-corrected chi connectivity index (χ1v) is 4.37. The third-order valence-corrected chi connectivity index (χ3v) is 1.89. The molecule has 0 unspecified atom stereocenters. The Labute approximate surface area is 78.3 Å². The molecule has 0 bridgehead atoms. The number of hydrogen-bond donors (Lipinski definition) is 3. The van der Waals surface area contributed by atoms with E-state index in [0.717, 1.165) is 17.7 Å². The number of allylic oxidation sites excluding steroid dienone is 1. The summed E-state index contributed by atoms with van der Waals surface area (Å²) in [6.07, 6.45) is 4.98. The van der Waals surface area contributed by atoms with Crippen molar-refractivity contribution in [3.05, 3.63) is 23.4 Å². The molecule has 1 aromatic heterocycles. The molecule has 0 radical (unpaired) electrons. The lowest BCUT2D eigenvalue weighted by atomic mass is 9.86. The number of aromatic amines is 1. The number of aryl methyl sites for hydroxylation is 1. The van der Waals surface area contributed by atoms with Gasteiger partial charge in [-0.3, -0.25) is 0 Å². The number of aromatic nitrogens is 1. The van der Waals surface area contributed by atoms with Crippen molar-refractivity contribution in [2.24, 2.45) is 0 Å². The fraction of sp³-hybridized carbons (Fsp3) is 0.333. The summed E-state index contributed by atoms with van der Waals surface area (Å²) in [6, 6.07) is 1.74. The van der Waals surface area contributed by atoms with Gasteiger partial charge in [-0.15, -0.1) is 0 Å². The van der Waals surface area contributed by atoms with E-state index in [2.05, 4.69) is 11.9 Å². The van der Waals surface area contributed by atoms with Crippen molar-refractivity contribution in [2.75, 3.05) is 0 Å². The highest BCUT2D eigenvalue weighted by Gasteiger charge is 2.14. The van der Waals surface area contributed by atoms with E-state index in [1.807, 2.05) is 19.1 Å². The Kier molecular flexibility index (Phi) is 3.34. The molecule has 0 saturated heterocycles. The summed E-state index contributed by atoms with van der Waals surface area (Å²) in [7, 11) is -1.41. The predicted octanol–water partition coefficient (Wildman–Crippen LogP) is 0.426. The van der Waals surface area contributed by atoms with Crippen LogP contribution in [-0.4, -0.2) is 22.2 Å². The molecule has 1 aromatic rings. The molecule has 0 atom stereocenters. The van der Waals surface area contributed by atoms with Crippen LogP contribution in [0.3, 0.4) is 0 Å². The summed E-state index contributed by atoms with van der Waals surface area (Å²) in [5.41, 5.74) is 2.39. The number of rotatable bonds is 3. The molecule has 4 heteroatoms. The van der Waals surface area contributed by atoms with Gasteiger partial charge in [0.05, 0.1) is 0 Å². The molecule has 0 aliphatic carbocycles. The molecule has 3 nitrogen and oxygen atoms in total. The van der Waals surface area contributed by atoms with Crippen molar-refractivity contribution in [3.8, 4) is 0 Å². The normalized spacial score (nSPS) is 11.1. The van der Waals surface area contributed by atoms with E-state index in [0.29, 0.717) is 5.59 Å². The van der Waals surface area contributed by atoms with Gasteiger partial charge in [0.25, 0.3) is 0 Å². The Hall–Kier alpha value is -0.995. The second-order valence-electron chi connectivity index (χ2n) is 2.99. The topological polar surface area (TPSA) is 56.2 Å². The molecular weight excluding hydrogens is 165 g/mol. The van der Waals surface area contributed by atoms with Crippen LogP contribution >= 0.6 is 0 Å². The van der Waals surface area contributed by atoms with E-state index in [4.69, 9.17) is 10.0 Å². The van der Waals surface area contributed by atoms with E-state index in [9.17, 15) is 0 Å². The molecule has 0 aliphatic rings. The minimum atomic E-state index is -1.41. The predicted molar refractivity (Wildman–Crippen MR) is 54.7 cm³/mol. The Bertz CT molecular complexity index is 305. The Morgan fingerprint density at radius 3 is 2.69 bits per heavy atom. The third-order valence-electron chi connectivity index (χ3n) is 1.89. The first-order chi connectivity index (χ1) is 6.15. The van der Waals surface area contributed by atoms with Crippen molar-refractivity contribution in [1.29, 1.82) is 0 Å². The SMILES string of the molecule is CC/C=C\c1cc(B(O)O)[nH]c1C. The molecule has 0 fully saturated rings. The molecule has 1 rings (SSSR count). The van der Waals surface area contributed by atoms with Gasteiger partial charge in [0.1, 0.15) is 0 Å². The van der Waals surface area contributed by atoms with Crippen molar-refractivity contribution in [3.63, 3.8) is 0 Å². The first-order valence-electron chi connectivity index (χ1n) is 4.37. The van der Waals surface area contributed by atoms with E-state index in [1.165, 1.54) is 0 Å². The highest BCUT2D eigenvalue weighted by molar-refractivity contribution is 6.57. The standard InChI is InChI=1S/C9H14BNO2/c1-3-4-5-8-6-9(10(12)13)11-7(8)2/h4-6,11-13H,3H2,1-2H3/b5-4-. The molecule has 0 aromatic carbocycles. The average molecular weight is 179 g/mol. The summed E-state index contributed by atoms with van der Waals surface area (Å²) in [5.74, 6) is 0. The molecular formula is C9H14BNO2. The highest BCUT2D eigenvalue weighted by atomic mass is 16.4. The lowest BCUT2D eigenvalue weighted by Crippen LogP contribution is -2.30. The van der Waals surface area contributed by atoms with Gasteiger partial charge in [-0.05, 0) is 25.0 Å². The monoisotopic (exact) mass is 179 g/mol. The molecule has 13 heavy (non-hydrogen) atoms. The van der Waals surface area contributed by atoms with Gasteiger partial charge in [0.15, 0.2) is 0 Å². The van der Waals surface area contributed by atoms with E-state index < -0.39 is 7.12 Å². The fourth-order valence-corrected chi connectivity index (χ4v) is 1.16. The maximum absolute atomic E-state index is 8.89. The van der Waals surface area contributed by atoms with E-state index in [1.54, 1.807) is 6.07 Å². The minimum Gasteiger partial charge on any atom is -0.422 e. The lowest BCUT2D eigenvalue weighted by molar-refractivity contribution is 0.424. The molecule has 0 aliphatic heterocycles. The average Bonchev–Trinajstić information content (AvgIpc) is 2.44. The fourth-order valence-electron chi connectivity index (χ4n) is 1.16. The zero-order valence-corrected chi connectivity index (χ0v) is 7.91. The van der Waals surface area contributed by atoms with Crippen LogP contribution in [0.1, 0.15) is 24.6 Å². The number of hydrogen-bond acceptors (Lipinski definition) is 2. The summed E-state index contributed by atoms with van der Waals surface area (Å²) >= 11 is 0. The van der Waals surface area contributed by atoms with Gasteiger partial charge in [-0.1, -0.05) is 19.1 Å². The summed E-state index contributed by atoms with van der Waals surface area (Å²) in [6.45, 7) is 3.96. The van der Waals surface area contributed by atoms with Crippen LogP contribution in [0, 0.1) is 6.92 Å². The van der Waals surface area contributed by atoms with Gasteiger partial charge in [-0.25, -0.2) is 0 Å². The van der Waals surface area contributed by atoms with Gasteiger partial charge in [-0.2, -0.15) is 0 Å². The molecule has 0 amide bonds. The molecule has 0 spiro atoms. The van der Waals surface area contributed by atoms with Crippen molar-refractivity contribution in [1.82, 2.24) is 4.98 Å². The van der Waals surface area contributed by atoms with Crippen molar-refractivity contribution >= 4 is 18.8 Å². The smallest absolute Gasteiger partial charge is 0.422 e. The zero-order valence-electron chi connectivity index (χ0n) is 7.91. The maximum Gasteiger partial charge on any atom is 0.505 e. The quantitative estimate of drug-likeness (QED) is 0.589. The number of nitrogens with one attached hydrogen (secondary N) is 1. The van der Waals surface area contributed by atoms with Crippen molar-refractivity contribution < 1.29 is 10.0 Å². The Balaban J connectivity index is 2.90. The van der Waals surface area contributed by atoms with Crippen LogP contribution < -0.4 is 5.59 Å². The first kappa shape index (κ1) is 10.1. The minimum absolute atomic E-state index is 0.438.